The van der Waals surface area contributed by atoms with Gasteiger partial charge in [0, 0.05) is 13.0 Å². The number of methoxy groups -OCH3 is 1. The van der Waals surface area contributed by atoms with Gasteiger partial charge < -0.3 is 14.8 Å². The molecule has 0 spiro atoms. The van der Waals surface area contributed by atoms with Gasteiger partial charge in [0.2, 0.25) is 0 Å². The summed E-state index contributed by atoms with van der Waals surface area (Å²) in [4.78, 5) is 23.6. The molecule has 1 atom stereocenters. The summed E-state index contributed by atoms with van der Waals surface area (Å²) in [5.41, 5.74) is 0.0696. The van der Waals surface area contributed by atoms with E-state index in [9.17, 15) is 9.59 Å². The third kappa shape index (κ3) is 4.09. The molecule has 1 aromatic carbocycles. The average molecular weight is 360 g/mol. The number of amides is 1. The van der Waals surface area contributed by atoms with Crippen LogP contribution < -0.4 is 10.1 Å². The number of alkyl halides is 2. The molecule has 0 heterocycles. The van der Waals surface area contributed by atoms with Crippen LogP contribution in [0.15, 0.2) is 24.3 Å². The highest BCUT2D eigenvalue weighted by Crippen LogP contribution is 2.64. The summed E-state index contributed by atoms with van der Waals surface area (Å²) in [5, 5.41) is 2.69. The smallest absolute Gasteiger partial charge is 0.315 e. The van der Waals surface area contributed by atoms with Crippen LogP contribution in [0.4, 0.5) is 0 Å². The molecule has 2 rings (SSSR count). The van der Waals surface area contributed by atoms with Gasteiger partial charge in [-0.3, -0.25) is 9.59 Å². The lowest BCUT2D eigenvalue weighted by Gasteiger charge is -2.12. The molecule has 1 aromatic rings. The Morgan fingerprint density at radius 2 is 1.96 bits per heavy atom. The molecule has 0 radical (unpaired) electrons. The molecule has 0 aromatic heterocycles. The van der Waals surface area contributed by atoms with Crippen LogP contribution in [-0.4, -0.2) is 36.5 Å². The maximum Gasteiger partial charge on any atom is 0.315 e. The summed E-state index contributed by atoms with van der Waals surface area (Å²) in [7, 11) is 1.60. The number of ether oxygens (including phenoxy) is 2. The summed E-state index contributed by atoms with van der Waals surface area (Å²) in [6.07, 6.45) is 0.950. The van der Waals surface area contributed by atoms with Gasteiger partial charge in [0.25, 0.3) is 5.91 Å². The second kappa shape index (κ2) is 6.97. The molecule has 126 valence electrons. The van der Waals surface area contributed by atoms with E-state index in [1.165, 1.54) is 0 Å². The van der Waals surface area contributed by atoms with Crippen LogP contribution >= 0.6 is 23.2 Å². The highest BCUT2D eigenvalue weighted by molar-refractivity contribution is 6.53. The number of para-hydroxylation sites is 1. The molecule has 23 heavy (non-hydrogen) atoms. The summed E-state index contributed by atoms with van der Waals surface area (Å²) in [6.45, 7) is 1.70. The standard InChI is InChI=1S/C16H19Cl2NO4/c1-15(10-16(15,17)18)14(21)23-9-13(20)19-8-7-11-5-3-4-6-12(11)22-2/h3-6H,7-10H2,1-2H3,(H,19,20)/t15-/m1/s1. The summed E-state index contributed by atoms with van der Waals surface area (Å²) in [6, 6.07) is 7.58. The van der Waals surface area contributed by atoms with E-state index < -0.39 is 15.7 Å². The predicted octanol–water partition coefficient (Wildman–Crippen LogP) is 2.48. The second-order valence-corrected chi connectivity index (χ2v) is 7.19. The van der Waals surface area contributed by atoms with E-state index in [0.29, 0.717) is 19.4 Å². The van der Waals surface area contributed by atoms with Crippen LogP contribution in [0.1, 0.15) is 18.9 Å². The van der Waals surface area contributed by atoms with Gasteiger partial charge in [0.05, 0.1) is 7.11 Å². The van der Waals surface area contributed by atoms with Crippen LogP contribution in [0.25, 0.3) is 0 Å². The molecule has 7 heteroatoms. The Balaban J connectivity index is 1.71. The van der Waals surface area contributed by atoms with E-state index in [1.54, 1.807) is 14.0 Å². The third-order valence-corrected chi connectivity index (χ3v) is 5.05. The fourth-order valence-corrected chi connectivity index (χ4v) is 2.90. The van der Waals surface area contributed by atoms with E-state index in [2.05, 4.69) is 5.32 Å². The molecule has 0 bridgehead atoms. The highest BCUT2D eigenvalue weighted by atomic mass is 35.5. The molecular formula is C16H19Cl2NO4. The third-order valence-electron chi connectivity index (χ3n) is 3.95. The normalized spacial score (nSPS) is 21.4. The first kappa shape index (κ1) is 17.9. The molecule has 0 saturated heterocycles. The number of carbonyl (C=O) groups is 2. The Hall–Kier alpha value is -1.46. The molecule has 1 aliphatic rings. The Kier molecular flexibility index (Phi) is 5.42. The van der Waals surface area contributed by atoms with Gasteiger partial charge in [-0.1, -0.05) is 18.2 Å². The van der Waals surface area contributed by atoms with Gasteiger partial charge >= 0.3 is 5.97 Å². The van der Waals surface area contributed by atoms with Crippen LogP contribution in [-0.2, 0) is 20.7 Å². The largest absolute Gasteiger partial charge is 0.496 e. The highest BCUT2D eigenvalue weighted by Gasteiger charge is 2.69. The molecule has 1 N–H and O–H groups in total. The van der Waals surface area contributed by atoms with Gasteiger partial charge in [-0.05, 0) is 25.0 Å². The Labute approximate surface area is 145 Å². The minimum absolute atomic E-state index is 0.331. The minimum atomic E-state index is -1.09. The maximum absolute atomic E-state index is 11.8. The minimum Gasteiger partial charge on any atom is -0.496 e. The van der Waals surface area contributed by atoms with Crippen LogP contribution in [0.5, 0.6) is 5.75 Å². The molecular weight excluding hydrogens is 341 g/mol. The van der Waals surface area contributed by atoms with Gasteiger partial charge in [0.15, 0.2) is 6.61 Å². The lowest BCUT2D eigenvalue weighted by molar-refractivity contribution is -0.153. The van der Waals surface area contributed by atoms with E-state index >= 15 is 0 Å². The first-order chi connectivity index (χ1) is 10.8. The zero-order chi connectivity index (χ0) is 17.1. The molecule has 5 nitrogen and oxygen atoms in total. The second-order valence-electron chi connectivity index (χ2n) is 5.70. The SMILES string of the molecule is COc1ccccc1CCNC(=O)COC(=O)[C@@]1(C)CC1(Cl)Cl. The Morgan fingerprint density at radius 3 is 2.57 bits per heavy atom. The van der Waals surface area contributed by atoms with Crippen molar-refractivity contribution in [1.82, 2.24) is 5.32 Å². The van der Waals surface area contributed by atoms with E-state index in [4.69, 9.17) is 32.7 Å². The van der Waals surface area contributed by atoms with Gasteiger partial charge in [-0.15, -0.1) is 23.2 Å². The lowest BCUT2D eigenvalue weighted by atomic mass is 10.1. The molecule has 1 aliphatic carbocycles. The van der Waals surface area contributed by atoms with Crippen molar-refractivity contribution < 1.29 is 19.1 Å². The topological polar surface area (TPSA) is 64.6 Å². The van der Waals surface area contributed by atoms with Crippen LogP contribution in [0, 0.1) is 5.41 Å². The van der Waals surface area contributed by atoms with Crippen molar-refractivity contribution in [3.63, 3.8) is 0 Å². The zero-order valence-electron chi connectivity index (χ0n) is 13.0. The van der Waals surface area contributed by atoms with E-state index in [0.717, 1.165) is 11.3 Å². The van der Waals surface area contributed by atoms with E-state index in [1.807, 2.05) is 24.3 Å². The van der Waals surface area contributed by atoms with Gasteiger partial charge in [-0.25, -0.2) is 0 Å². The number of carbonyl (C=O) groups excluding carboxylic acids is 2. The number of esters is 1. The van der Waals surface area contributed by atoms with Crippen molar-refractivity contribution in [3.8, 4) is 5.75 Å². The molecule has 1 amide bonds. The number of rotatable bonds is 7. The summed E-state index contributed by atoms with van der Waals surface area (Å²) < 4.78 is 9.12. The number of hydrogen-bond donors (Lipinski definition) is 1. The van der Waals surface area contributed by atoms with Gasteiger partial charge in [0.1, 0.15) is 15.5 Å². The predicted molar refractivity (Wildman–Crippen MR) is 87.8 cm³/mol. The summed E-state index contributed by atoms with van der Waals surface area (Å²) in [5.74, 6) is -0.148. The van der Waals surface area contributed by atoms with Crippen molar-refractivity contribution in [2.24, 2.45) is 5.41 Å². The fourth-order valence-electron chi connectivity index (χ4n) is 2.21. The number of benzene rings is 1. The first-order valence-electron chi connectivity index (χ1n) is 7.24. The molecule has 0 unspecified atom stereocenters. The number of nitrogens with one attached hydrogen (secondary N) is 1. The van der Waals surface area contributed by atoms with E-state index in [-0.39, 0.29) is 12.5 Å². The summed E-state index contributed by atoms with van der Waals surface area (Å²) >= 11 is 11.8. The Bertz CT molecular complexity index is 605. The van der Waals surface area contributed by atoms with Crippen molar-refractivity contribution in [1.29, 1.82) is 0 Å². The van der Waals surface area contributed by atoms with Crippen molar-refractivity contribution in [2.45, 2.75) is 24.1 Å². The zero-order valence-corrected chi connectivity index (χ0v) is 14.5. The first-order valence-corrected chi connectivity index (χ1v) is 7.99. The average Bonchev–Trinajstić information content (AvgIpc) is 3.05. The van der Waals surface area contributed by atoms with Gasteiger partial charge in [-0.2, -0.15) is 0 Å². The van der Waals surface area contributed by atoms with Crippen LogP contribution in [0.2, 0.25) is 0 Å². The lowest BCUT2D eigenvalue weighted by Crippen LogP contribution is -2.32. The Morgan fingerprint density at radius 1 is 1.30 bits per heavy atom. The monoisotopic (exact) mass is 359 g/mol. The van der Waals surface area contributed by atoms with Crippen molar-refractivity contribution in [3.05, 3.63) is 29.8 Å². The van der Waals surface area contributed by atoms with Crippen LogP contribution in [0.3, 0.4) is 0 Å². The van der Waals surface area contributed by atoms with Crippen molar-refractivity contribution in [2.75, 3.05) is 20.3 Å². The number of halogens is 2. The molecule has 1 saturated carbocycles. The van der Waals surface area contributed by atoms with Crippen molar-refractivity contribution >= 4 is 35.1 Å². The quantitative estimate of drug-likeness (QED) is 0.599. The maximum atomic E-state index is 11.8. The fraction of sp³-hybridized carbons (Fsp3) is 0.500. The number of hydrogen-bond acceptors (Lipinski definition) is 4. The molecule has 0 aliphatic heterocycles. The molecule has 1 fully saturated rings.